The number of benzene rings is 1. The molecule has 0 aliphatic carbocycles. The number of methoxy groups -OCH3 is 3. The predicted octanol–water partition coefficient (Wildman–Crippen LogP) is 3.35. The number of aromatic amines is 1. The van der Waals surface area contributed by atoms with Crippen LogP contribution in [0.4, 0.5) is 0 Å². The Morgan fingerprint density at radius 1 is 1.26 bits per heavy atom. The van der Waals surface area contributed by atoms with E-state index >= 15 is 0 Å². The van der Waals surface area contributed by atoms with Gasteiger partial charge < -0.3 is 23.8 Å². The standard InChI is InChI=1S/C16H20N2O4S/c1-5-11(10-6-7-13(20-2)14(8-10)21-3)18-12(15(19)22-4)9-17-16(18)23/h6-9,11H,5H2,1-4H3,(H,17,23). The van der Waals surface area contributed by atoms with Gasteiger partial charge in [0.25, 0.3) is 0 Å². The monoisotopic (exact) mass is 336 g/mol. The third kappa shape index (κ3) is 3.24. The Bertz CT molecular complexity index is 751. The molecule has 1 N–H and O–H groups in total. The minimum absolute atomic E-state index is 0.123. The van der Waals surface area contributed by atoms with Crippen molar-refractivity contribution in [2.24, 2.45) is 0 Å². The van der Waals surface area contributed by atoms with E-state index < -0.39 is 5.97 Å². The van der Waals surface area contributed by atoms with Crippen LogP contribution in [0.15, 0.2) is 24.4 Å². The van der Waals surface area contributed by atoms with E-state index in [-0.39, 0.29) is 6.04 Å². The molecule has 0 radical (unpaired) electrons. The molecule has 1 atom stereocenters. The molecule has 7 heteroatoms. The van der Waals surface area contributed by atoms with Crippen molar-refractivity contribution >= 4 is 18.2 Å². The second-order valence-corrected chi connectivity index (χ2v) is 5.27. The molecule has 0 fully saturated rings. The number of hydrogen-bond donors (Lipinski definition) is 1. The van der Waals surface area contributed by atoms with E-state index in [2.05, 4.69) is 4.98 Å². The van der Waals surface area contributed by atoms with Crippen LogP contribution in [0.2, 0.25) is 0 Å². The molecule has 1 aromatic carbocycles. The number of nitrogens with zero attached hydrogens (tertiary/aromatic N) is 1. The largest absolute Gasteiger partial charge is 0.493 e. The van der Waals surface area contributed by atoms with Crippen LogP contribution in [0.25, 0.3) is 0 Å². The Balaban J connectivity index is 2.55. The summed E-state index contributed by atoms with van der Waals surface area (Å²) in [5, 5.41) is 0. The SMILES string of the molecule is CCC(c1ccc(OC)c(OC)c1)n1c(C(=O)OC)c[nH]c1=S. The number of aromatic nitrogens is 2. The fourth-order valence-corrected chi connectivity index (χ4v) is 2.86. The number of carbonyl (C=O) groups excluding carboxylic acids is 1. The van der Waals surface area contributed by atoms with Gasteiger partial charge in [0.1, 0.15) is 5.69 Å². The zero-order chi connectivity index (χ0) is 17.0. The summed E-state index contributed by atoms with van der Waals surface area (Å²) in [4.78, 5) is 14.9. The number of hydrogen-bond acceptors (Lipinski definition) is 5. The van der Waals surface area contributed by atoms with Crippen LogP contribution >= 0.6 is 12.2 Å². The average molecular weight is 336 g/mol. The molecular weight excluding hydrogens is 316 g/mol. The first-order valence-corrected chi connectivity index (χ1v) is 7.58. The van der Waals surface area contributed by atoms with Crippen molar-refractivity contribution in [3.8, 4) is 11.5 Å². The minimum Gasteiger partial charge on any atom is -0.493 e. The van der Waals surface area contributed by atoms with Crippen molar-refractivity contribution in [1.82, 2.24) is 9.55 Å². The number of esters is 1. The van der Waals surface area contributed by atoms with Crippen molar-refractivity contribution in [3.63, 3.8) is 0 Å². The van der Waals surface area contributed by atoms with Gasteiger partial charge in [-0.2, -0.15) is 0 Å². The molecule has 124 valence electrons. The fraction of sp³-hybridized carbons (Fsp3) is 0.375. The lowest BCUT2D eigenvalue weighted by Crippen LogP contribution is -2.17. The van der Waals surface area contributed by atoms with E-state index in [1.165, 1.54) is 7.11 Å². The molecule has 0 spiro atoms. The number of nitrogens with one attached hydrogen (secondary N) is 1. The van der Waals surface area contributed by atoms with Crippen LogP contribution in [0.3, 0.4) is 0 Å². The molecule has 2 aromatic rings. The number of imidazole rings is 1. The lowest BCUT2D eigenvalue weighted by atomic mass is 10.0. The Morgan fingerprint density at radius 3 is 2.52 bits per heavy atom. The van der Waals surface area contributed by atoms with Crippen molar-refractivity contribution in [2.45, 2.75) is 19.4 Å². The van der Waals surface area contributed by atoms with Gasteiger partial charge in [-0.15, -0.1) is 0 Å². The van der Waals surface area contributed by atoms with E-state index in [4.69, 9.17) is 26.4 Å². The molecule has 1 aromatic heterocycles. The van der Waals surface area contributed by atoms with E-state index in [0.717, 1.165) is 12.0 Å². The molecular formula is C16H20N2O4S. The van der Waals surface area contributed by atoms with Gasteiger partial charge in [0.05, 0.1) is 27.4 Å². The normalized spacial score (nSPS) is 11.8. The summed E-state index contributed by atoms with van der Waals surface area (Å²) in [6, 6.07) is 5.54. The highest BCUT2D eigenvalue weighted by molar-refractivity contribution is 7.71. The maximum Gasteiger partial charge on any atom is 0.356 e. The number of H-pyrrole nitrogens is 1. The number of rotatable bonds is 6. The first-order valence-electron chi connectivity index (χ1n) is 7.17. The first kappa shape index (κ1) is 17.1. The van der Waals surface area contributed by atoms with Gasteiger partial charge in [-0.25, -0.2) is 4.79 Å². The summed E-state index contributed by atoms with van der Waals surface area (Å²) in [7, 11) is 4.52. The minimum atomic E-state index is -0.434. The molecule has 0 amide bonds. The van der Waals surface area contributed by atoms with Crippen molar-refractivity contribution < 1.29 is 19.0 Å². The van der Waals surface area contributed by atoms with Gasteiger partial charge in [0.15, 0.2) is 16.3 Å². The molecule has 0 bridgehead atoms. The highest BCUT2D eigenvalue weighted by atomic mass is 32.1. The van der Waals surface area contributed by atoms with Gasteiger partial charge in [0, 0.05) is 6.20 Å². The molecule has 0 saturated carbocycles. The predicted molar refractivity (Wildman–Crippen MR) is 88.9 cm³/mol. The maximum atomic E-state index is 12.0. The Hall–Kier alpha value is -2.28. The van der Waals surface area contributed by atoms with E-state index in [0.29, 0.717) is 22.0 Å². The Kier molecular flexibility index (Phi) is 5.44. The third-order valence-corrected chi connectivity index (χ3v) is 4.01. The summed E-state index contributed by atoms with van der Waals surface area (Å²) in [6.07, 6.45) is 2.31. The number of carbonyl (C=O) groups is 1. The Labute approximate surface area is 140 Å². The summed E-state index contributed by atoms with van der Waals surface area (Å²) >= 11 is 5.34. The quantitative estimate of drug-likeness (QED) is 0.647. The van der Waals surface area contributed by atoms with E-state index in [1.807, 2.05) is 25.1 Å². The van der Waals surface area contributed by atoms with Gasteiger partial charge >= 0.3 is 5.97 Å². The first-order chi connectivity index (χ1) is 11.1. The van der Waals surface area contributed by atoms with Crippen molar-refractivity contribution in [3.05, 3.63) is 40.4 Å². The molecule has 2 rings (SSSR count). The van der Waals surface area contributed by atoms with Crippen LogP contribution in [0, 0.1) is 4.77 Å². The lowest BCUT2D eigenvalue weighted by Gasteiger charge is -2.20. The van der Waals surface area contributed by atoms with Gasteiger partial charge in [-0.3, -0.25) is 0 Å². The highest BCUT2D eigenvalue weighted by Gasteiger charge is 2.22. The van der Waals surface area contributed by atoms with Crippen LogP contribution in [-0.4, -0.2) is 36.8 Å². The van der Waals surface area contributed by atoms with Gasteiger partial charge in [0.2, 0.25) is 0 Å². The summed E-state index contributed by atoms with van der Waals surface area (Å²) < 4.78 is 17.7. The fourth-order valence-electron chi connectivity index (χ4n) is 2.58. The summed E-state index contributed by atoms with van der Waals surface area (Å²) in [6.45, 7) is 2.03. The molecule has 0 aliphatic heterocycles. The van der Waals surface area contributed by atoms with Crippen molar-refractivity contribution in [1.29, 1.82) is 0 Å². The van der Waals surface area contributed by atoms with Crippen LogP contribution in [-0.2, 0) is 4.74 Å². The smallest absolute Gasteiger partial charge is 0.356 e. The molecule has 6 nitrogen and oxygen atoms in total. The second-order valence-electron chi connectivity index (χ2n) is 4.88. The summed E-state index contributed by atoms with van der Waals surface area (Å²) in [5.41, 5.74) is 1.35. The molecule has 0 aliphatic rings. The highest BCUT2D eigenvalue weighted by Crippen LogP contribution is 2.33. The van der Waals surface area contributed by atoms with Gasteiger partial charge in [-0.1, -0.05) is 13.0 Å². The molecule has 1 heterocycles. The molecule has 0 saturated heterocycles. The zero-order valence-electron chi connectivity index (χ0n) is 13.6. The Morgan fingerprint density at radius 2 is 1.96 bits per heavy atom. The molecule has 23 heavy (non-hydrogen) atoms. The van der Waals surface area contributed by atoms with Crippen LogP contribution < -0.4 is 9.47 Å². The van der Waals surface area contributed by atoms with E-state index in [1.54, 1.807) is 25.0 Å². The molecule has 1 unspecified atom stereocenters. The van der Waals surface area contributed by atoms with Crippen molar-refractivity contribution in [2.75, 3.05) is 21.3 Å². The zero-order valence-corrected chi connectivity index (χ0v) is 14.4. The van der Waals surface area contributed by atoms with Gasteiger partial charge in [-0.05, 0) is 36.3 Å². The summed E-state index contributed by atoms with van der Waals surface area (Å²) in [5.74, 6) is 0.846. The number of ether oxygens (including phenoxy) is 3. The topological polar surface area (TPSA) is 65.5 Å². The van der Waals surface area contributed by atoms with Crippen LogP contribution in [0.1, 0.15) is 35.4 Å². The average Bonchev–Trinajstić information content (AvgIpc) is 2.96. The van der Waals surface area contributed by atoms with E-state index in [9.17, 15) is 4.79 Å². The third-order valence-electron chi connectivity index (χ3n) is 3.70. The van der Waals surface area contributed by atoms with Crippen LogP contribution in [0.5, 0.6) is 11.5 Å². The maximum absolute atomic E-state index is 12.0. The second kappa shape index (κ2) is 7.32. The lowest BCUT2D eigenvalue weighted by molar-refractivity contribution is 0.0586.